The molecule has 3 amide bonds. The van der Waals surface area contributed by atoms with Crippen LogP contribution < -0.4 is 25.0 Å². The number of rotatable bonds is 8. The Bertz CT molecular complexity index is 1580. The molecule has 2 atom stereocenters. The lowest BCUT2D eigenvalue weighted by atomic mass is 10.0. The van der Waals surface area contributed by atoms with Crippen LogP contribution in [0.1, 0.15) is 35.3 Å². The van der Waals surface area contributed by atoms with E-state index in [9.17, 15) is 40.7 Å². The van der Waals surface area contributed by atoms with Gasteiger partial charge in [0.05, 0.1) is 16.8 Å². The van der Waals surface area contributed by atoms with E-state index in [4.69, 9.17) is 16.3 Å². The number of anilines is 1. The number of carbonyl (C=O) groups excluding carboxylic acids is 3. The third-order valence-electron chi connectivity index (χ3n) is 6.68. The van der Waals surface area contributed by atoms with Gasteiger partial charge in [-0.1, -0.05) is 41.9 Å². The van der Waals surface area contributed by atoms with E-state index >= 15 is 0 Å². The summed E-state index contributed by atoms with van der Waals surface area (Å²) in [5.41, 5.74) is -1.95. The predicted molar refractivity (Wildman–Crippen MR) is 151 cm³/mol. The molecule has 3 aromatic carbocycles. The summed E-state index contributed by atoms with van der Waals surface area (Å²) in [6, 6.07) is 9.56. The lowest BCUT2D eigenvalue weighted by Crippen LogP contribution is -2.57. The van der Waals surface area contributed by atoms with Crippen molar-refractivity contribution >= 4 is 35.0 Å². The van der Waals surface area contributed by atoms with Crippen LogP contribution in [0.5, 0.6) is 11.5 Å². The van der Waals surface area contributed by atoms with Crippen molar-refractivity contribution in [1.29, 1.82) is 0 Å². The highest BCUT2D eigenvalue weighted by molar-refractivity contribution is 6.30. The van der Waals surface area contributed by atoms with Crippen molar-refractivity contribution in [3.8, 4) is 11.5 Å². The SMILES string of the molecule is CC(C)N1C(=O)[C@H](NC(=O)[C@@H](Cc2ccccc2OC(F)(F)F)NC(=O)c2ccccc2C(F)(F)F)COc2cc(Cl)ccc21. The molecule has 0 unspecified atom stereocenters. The van der Waals surface area contributed by atoms with Crippen molar-refractivity contribution in [2.24, 2.45) is 0 Å². The summed E-state index contributed by atoms with van der Waals surface area (Å²) in [6.45, 7) is 3.02. The van der Waals surface area contributed by atoms with E-state index < -0.39 is 78.3 Å². The Morgan fingerprint density at radius 3 is 2.36 bits per heavy atom. The molecule has 0 bridgehead atoms. The maximum absolute atomic E-state index is 13.7. The van der Waals surface area contributed by atoms with E-state index in [1.807, 2.05) is 0 Å². The van der Waals surface area contributed by atoms with Crippen LogP contribution in [0.4, 0.5) is 32.0 Å². The zero-order valence-corrected chi connectivity index (χ0v) is 24.4. The maximum atomic E-state index is 13.7. The number of para-hydroxylation sites is 1. The van der Waals surface area contributed by atoms with Gasteiger partial charge < -0.3 is 25.0 Å². The highest BCUT2D eigenvalue weighted by atomic mass is 35.5. The smallest absolute Gasteiger partial charge is 0.489 e. The zero-order valence-electron chi connectivity index (χ0n) is 23.6. The Hall–Kier alpha value is -4.46. The first kappa shape index (κ1) is 33.4. The topological polar surface area (TPSA) is 97.0 Å². The molecule has 3 aromatic rings. The Morgan fingerprint density at radius 1 is 1.02 bits per heavy atom. The van der Waals surface area contributed by atoms with Gasteiger partial charge in [-0.05, 0) is 49.7 Å². The summed E-state index contributed by atoms with van der Waals surface area (Å²) in [4.78, 5) is 41.8. The molecule has 0 radical (unpaired) electrons. The van der Waals surface area contributed by atoms with Gasteiger partial charge in [-0.3, -0.25) is 14.4 Å². The fourth-order valence-corrected chi connectivity index (χ4v) is 4.89. The summed E-state index contributed by atoms with van der Waals surface area (Å²) < 4.78 is 90.0. The Kier molecular flexibility index (Phi) is 9.86. The first-order chi connectivity index (χ1) is 21.0. The van der Waals surface area contributed by atoms with Crippen LogP contribution in [0.25, 0.3) is 0 Å². The van der Waals surface area contributed by atoms with Gasteiger partial charge >= 0.3 is 12.5 Å². The number of carbonyl (C=O) groups is 3. The zero-order chi connectivity index (χ0) is 33.1. The minimum absolute atomic E-state index is 0.200. The Morgan fingerprint density at radius 2 is 1.69 bits per heavy atom. The number of hydrogen-bond acceptors (Lipinski definition) is 5. The van der Waals surface area contributed by atoms with Crippen molar-refractivity contribution in [2.75, 3.05) is 11.5 Å². The molecule has 1 aliphatic rings. The second-order valence-electron chi connectivity index (χ2n) is 10.2. The molecule has 4 rings (SSSR count). The molecule has 15 heteroatoms. The molecule has 0 aliphatic carbocycles. The van der Waals surface area contributed by atoms with Crippen molar-refractivity contribution in [2.45, 2.75) is 50.9 Å². The lowest BCUT2D eigenvalue weighted by molar-refractivity contribution is -0.274. The van der Waals surface area contributed by atoms with Crippen molar-refractivity contribution in [1.82, 2.24) is 10.6 Å². The Balaban J connectivity index is 1.67. The largest absolute Gasteiger partial charge is 0.573 e. The van der Waals surface area contributed by atoms with Crippen LogP contribution in [0.3, 0.4) is 0 Å². The number of ether oxygens (including phenoxy) is 2. The molecule has 2 N–H and O–H groups in total. The number of alkyl halides is 6. The number of benzene rings is 3. The molecule has 0 saturated carbocycles. The molecular weight excluding hydrogens is 632 g/mol. The summed E-state index contributed by atoms with van der Waals surface area (Å²) >= 11 is 6.08. The number of nitrogens with zero attached hydrogens (tertiary/aromatic N) is 1. The van der Waals surface area contributed by atoms with Crippen LogP contribution in [0.2, 0.25) is 5.02 Å². The fourth-order valence-electron chi connectivity index (χ4n) is 4.73. The summed E-state index contributed by atoms with van der Waals surface area (Å²) in [5.74, 6) is -3.48. The average molecular weight is 658 g/mol. The van der Waals surface area contributed by atoms with Gasteiger partial charge in [-0.15, -0.1) is 13.2 Å². The third-order valence-corrected chi connectivity index (χ3v) is 6.91. The van der Waals surface area contributed by atoms with E-state index in [2.05, 4.69) is 15.4 Å². The standard InChI is InChI=1S/C30H26ClF6N3O5/c1-16(2)40-23-12-11-18(31)14-25(23)44-15-22(28(40)43)39-27(42)21(13-17-7-3-6-10-24(17)45-30(35,36)37)38-26(41)19-8-4-5-9-20(19)29(32,33)34/h3-12,14,16,21-22H,13,15H2,1-2H3,(H,38,41)(H,39,42)/t21-,22-/m1/s1. The monoisotopic (exact) mass is 657 g/mol. The van der Waals surface area contributed by atoms with E-state index in [0.717, 1.165) is 18.2 Å². The van der Waals surface area contributed by atoms with Gasteiger partial charge in [0, 0.05) is 23.6 Å². The van der Waals surface area contributed by atoms with Gasteiger partial charge in [0.2, 0.25) is 5.91 Å². The predicted octanol–water partition coefficient (Wildman–Crippen LogP) is 5.92. The average Bonchev–Trinajstić information content (AvgIpc) is 3.08. The quantitative estimate of drug-likeness (QED) is 0.294. The summed E-state index contributed by atoms with van der Waals surface area (Å²) in [7, 11) is 0. The van der Waals surface area contributed by atoms with Gasteiger partial charge in [0.25, 0.3) is 11.8 Å². The number of nitrogens with one attached hydrogen (secondary N) is 2. The number of hydrogen-bond donors (Lipinski definition) is 2. The highest BCUT2D eigenvalue weighted by Crippen LogP contribution is 2.36. The normalized spacial score (nSPS) is 15.9. The van der Waals surface area contributed by atoms with Gasteiger partial charge in [0.15, 0.2) is 0 Å². The maximum Gasteiger partial charge on any atom is 0.573 e. The third kappa shape index (κ3) is 8.18. The minimum atomic E-state index is -5.11. The number of fused-ring (bicyclic) bond motifs is 1. The molecule has 0 spiro atoms. The van der Waals surface area contributed by atoms with Crippen LogP contribution in [-0.2, 0) is 22.2 Å². The van der Waals surface area contributed by atoms with E-state index in [0.29, 0.717) is 16.8 Å². The van der Waals surface area contributed by atoms with Crippen LogP contribution >= 0.6 is 11.6 Å². The Labute approximate surface area is 258 Å². The molecule has 45 heavy (non-hydrogen) atoms. The van der Waals surface area contributed by atoms with E-state index in [1.165, 1.54) is 41.3 Å². The second kappa shape index (κ2) is 13.3. The van der Waals surface area contributed by atoms with Crippen molar-refractivity contribution < 1.29 is 50.2 Å². The van der Waals surface area contributed by atoms with E-state index in [-0.39, 0.29) is 11.3 Å². The molecule has 0 saturated heterocycles. The second-order valence-corrected chi connectivity index (χ2v) is 10.7. The van der Waals surface area contributed by atoms with Crippen molar-refractivity contribution in [3.63, 3.8) is 0 Å². The number of halogens is 7. The summed E-state index contributed by atoms with van der Waals surface area (Å²) in [5, 5.41) is 4.95. The van der Waals surface area contributed by atoms with Crippen molar-refractivity contribution in [3.05, 3.63) is 88.4 Å². The molecule has 1 aliphatic heterocycles. The number of amides is 3. The summed E-state index contributed by atoms with van der Waals surface area (Å²) in [6.07, 6.45) is -10.7. The molecule has 1 heterocycles. The van der Waals surface area contributed by atoms with E-state index in [1.54, 1.807) is 19.9 Å². The van der Waals surface area contributed by atoms with Crippen LogP contribution in [0.15, 0.2) is 66.7 Å². The molecule has 0 aromatic heterocycles. The minimum Gasteiger partial charge on any atom is -0.489 e. The van der Waals surface area contributed by atoms with Gasteiger partial charge in [0.1, 0.15) is 30.2 Å². The lowest BCUT2D eigenvalue weighted by Gasteiger charge is -2.29. The molecule has 240 valence electrons. The van der Waals surface area contributed by atoms with Gasteiger partial charge in [-0.25, -0.2) is 0 Å². The van der Waals surface area contributed by atoms with Crippen LogP contribution in [0, 0.1) is 0 Å². The molecule has 0 fully saturated rings. The first-order valence-electron chi connectivity index (χ1n) is 13.4. The fraction of sp³-hybridized carbons (Fsp3) is 0.300. The van der Waals surface area contributed by atoms with Gasteiger partial charge in [-0.2, -0.15) is 13.2 Å². The molecular formula is C30H26ClF6N3O5. The first-order valence-corrected chi connectivity index (χ1v) is 13.8. The molecule has 8 nitrogen and oxygen atoms in total. The van der Waals surface area contributed by atoms with Crippen LogP contribution in [-0.4, -0.2) is 48.8 Å². The highest BCUT2D eigenvalue weighted by Gasteiger charge is 2.39.